The van der Waals surface area contributed by atoms with Crippen LogP contribution in [0.4, 0.5) is 5.69 Å². The number of amides is 1. The molecule has 0 heterocycles. The van der Waals surface area contributed by atoms with Crippen LogP contribution in [-0.4, -0.2) is 10.8 Å². The number of nitro benzene ring substituents is 1. The molecule has 2 N–H and O–H groups in total. The first-order chi connectivity index (χ1) is 6.43. The average Bonchev–Trinajstić information content (AvgIpc) is 2.01. The Balaban J connectivity index is 3.52. The molecule has 0 bridgehead atoms. The van der Waals surface area contributed by atoms with Gasteiger partial charge in [0.15, 0.2) is 0 Å². The molecular formula is C8H7ClN2O3. The van der Waals surface area contributed by atoms with E-state index in [1.54, 1.807) is 6.92 Å². The van der Waals surface area contributed by atoms with Crippen LogP contribution in [0, 0.1) is 17.0 Å². The van der Waals surface area contributed by atoms with Crippen molar-refractivity contribution in [1.29, 1.82) is 0 Å². The van der Waals surface area contributed by atoms with Gasteiger partial charge in [-0.2, -0.15) is 0 Å². The molecule has 0 aromatic heterocycles. The van der Waals surface area contributed by atoms with Gasteiger partial charge in [0.25, 0.3) is 5.91 Å². The summed E-state index contributed by atoms with van der Waals surface area (Å²) in [5, 5.41) is 10.5. The summed E-state index contributed by atoms with van der Waals surface area (Å²) in [5.74, 6) is -0.859. The van der Waals surface area contributed by atoms with Gasteiger partial charge in [0.05, 0.1) is 4.92 Å². The van der Waals surface area contributed by atoms with E-state index in [9.17, 15) is 14.9 Å². The van der Waals surface area contributed by atoms with Gasteiger partial charge in [0.2, 0.25) is 0 Å². The number of rotatable bonds is 2. The number of halogens is 1. The van der Waals surface area contributed by atoms with E-state index >= 15 is 0 Å². The molecule has 14 heavy (non-hydrogen) atoms. The highest BCUT2D eigenvalue weighted by Crippen LogP contribution is 2.29. The zero-order valence-electron chi connectivity index (χ0n) is 7.28. The summed E-state index contributed by atoms with van der Waals surface area (Å²) in [6, 6.07) is 2.75. The monoisotopic (exact) mass is 214 g/mol. The molecule has 6 heteroatoms. The zero-order chi connectivity index (χ0) is 10.9. The first-order valence-corrected chi connectivity index (χ1v) is 4.05. The molecule has 1 aromatic rings. The van der Waals surface area contributed by atoms with Crippen molar-refractivity contribution in [2.75, 3.05) is 0 Å². The Hall–Kier alpha value is -1.62. The Morgan fingerprint density at radius 3 is 2.57 bits per heavy atom. The molecule has 0 atom stereocenters. The lowest BCUT2D eigenvalue weighted by Crippen LogP contribution is -2.13. The van der Waals surface area contributed by atoms with Gasteiger partial charge in [0, 0.05) is 0 Å². The van der Waals surface area contributed by atoms with Gasteiger partial charge in [0.1, 0.15) is 10.6 Å². The van der Waals surface area contributed by atoms with Crippen molar-refractivity contribution in [3.63, 3.8) is 0 Å². The highest BCUT2D eigenvalue weighted by atomic mass is 35.5. The van der Waals surface area contributed by atoms with Gasteiger partial charge in [-0.15, -0.1) is 0 Å². The molecule has 5 nitrogen and oxygen atoms in total. The Labute approximate surface area is 84.6 Å². The van der Waals surface area contributed by atoms with E-state index in [0.29, 0.717) is 5.56 Å². The first-order valence-electron chi connectivity index (χ1n) is 3.68. The van der Waals surface area contributed by atoms with Crippen molar-refractivity contribution in [2.45, 2.75) is 6.92 Å². The Bertz CT molecular complexity index is 417. The van der Waals surface area contributed by atoms with Crippen LogP contribution in [-0.2, 0) is 0 Å². The molecule has 0 saturated heterocycles. The van der Waals surface area contributed by atoms with E-state index in [4.69, 9.17) is 17.3 Å². The molecule has 0 unspecified atom stereocenters. The van der Waals surface area contributed by atoms with Crippen molar-refractivity contribution in [1.82, 2.24) is 0 Å². The van der Waals surface area contributed by atoms with Crippen LogP contribution in [0.5, 0.6) is 0 Å². The highest BCUT2D eigenvalue weighted by molar-refractivity contribution is 6.33. The third-order valence-corrected chi connectivity index (χ3v) is 1.94. The number of benzene rings is 1. The molecule has 0 radical (unpaired) electrons. The average molecular weight is 215 g/mol. The van der Waals surface area contributed by atoms with Crippen LogP contribution >= 0.6 is 11.6 Å². The predicted molar refractivity (Wildman–Crippen MR) is 51.4 cm³/mol. The number of nitrogens with zero attached hydrogens (tertiary/aromatic N) is 1. The van der Waals surface area contributed by atoms with Gasteiger partial charge < -0.3 is 5.73 Å². The minimum atomic E-state index is -0.859. The van der Waals surface area contributed by atoms with E-state index in [0.717, 1.165) is 0 Å². The maximum absolute atomic E-state index is 10.9. The fraction of sp³-hybridized carbons (Fsp3) is 0.125. The second kappa shape index (κ2) is 3.63. The van der Waals surface area contributed by atoms with Crippen molar-refractivity contribution in [3.8, 4) is 0 Å². The highest BCUT2D eigenvalue weighted by Gasteiger charge is 2.22. The van der Waals surface area contributed by atoms with E-state index in [1.165, 1.54) is 12.1 Å². The summed E-state index contributed by atoms with van der Waals surface area (Å²) >= 11 is 5.62. The summed E-state index contributed by atoms with van der Waals surface area (Å²) in [7, 11) is 0. The summed E-state index contributed by atoms with van der Waals surface area (Å²) in [4.78, 5) is 20.7. The predicted octanol–water partition coefficient (Wildman–Crippen LogP) is 1.66. The van der Waals surface area contributed by atoms with Crippen LogP contribution < -0.4 is 5.73 Å². The van der Waals surface area contributed by atoms with Gasteiger partial charge >= 0.3 is 5.69 Å². The standard InChI is InChI=1S/C8H7ClN2O3/c1-4-2-5(8(10)12)7(11(13)14)6(9)3-4/h2-3H,1H3,(H2,10,12). The van der Waals surface area contributed by atoms with Crippen molar-refractivity contribution >= 4 is 23.2 Å². The normalized spacial score (nSPS) is 9.86. The lowest BCUT2D eigenvalue weighted by atomic mass is 10.1. The molecule has 0 saturated carbocycles. The molecule has 74 valence electrons. The Morgan fingerprint density at radius 1 is 1.57 bits per heavy atom. The van der Waals surface area contributed by atoms with E-state index in [1.807, 2.05) is 0 Å². The number of carbonyl (C=O) groups excluding carboxylic acids is 1. The van der Waals surface area contributed by atoms with Crippen molar-refractivity contribution < 1.29 is 9.72 Å². The van der Waals surface area contributed by atoms with Gasteiger partial charge in [-0.1, -0.05) is 11.6 Å². The third kappa shape index (κ3) is 1.82. The zero-order valence-corrected chi connectivity index (χ0v) is 8.04. The first kappa shape index (κ1) is 10.5. The molecule has 0 aliphatic rings. The fourth-order valence-electron chi connectivity index (χ4n) is 1.11. The number of carbonyl (C=O) groups is 1. The minimum absolute atomic E-state index is 0.0798. The van der Waals surface area contributed by atoms with Crippen LogP contribution in [0.2, 0.25) is 5.02 Å². The minimum Gasteiger partial charge on any atom is -0.365 e. The quantitative estimate of drug-likeness (QED) is 0.600. The lowest BCUT2D eigenvalue weighted by Gasteiger charge is -2.02. The van der Waals surface area contributed by atoms with E-state index < -0.39 is 16.5 Å². The molecule has 0 spiro atoms. The van der Waals surface area contributed by atoms with Gasteiger partial charge in [-0.05, 0) is 24.6 Å². The number of nitro groups is 1. The van der Waals surface area contributed by atoms with E-state index in [2.05, 4.69) is 0 Å². The SMILES string of the molecule is Cc1cc(Cl)c([N+](=O)[O-])c(C(N)=O)c1. The Kier molecular flexibility index (Phi) is 2.71. The molecule has 1 aromatic carbocycles. The van der Waals surface area contributed by atoms with Crippen molar-refractivity contribution in [2.24, 2.45) is 5.73 Å². The molecule has 1 amide bonds. The Morgan fingerprint density at radius 2 is 2.14 bits per heavy atom. The number of hydrogen-bond acceptors (Lipinski definition) is 3. The van der Waals surface area contributed by atoms with Crippen molar-refractivity contribution in [3.05, 3.63) is 38.4 Å². The maximum atomic E-state index is 10.9. The third-order valence-electron chi connectivity index (χ3n) is 1.66. The van der Waals surface area contributed by atoms with Crippen LogP contribution in [0.25, 0.3) is 0 Å². The molecule has 1 rings (SSSR count). The number of aryl methyl sites for hydroxylation is 1. The summed E-state index contributed by atoms with van der Waals surface area (Å²) in [5.41, 5.74) is 5.03. The number of primary amides is 1. The van der Waals surface area contributed by atoms with E-state index in [-0.39, 0.29) is 10.6 Å². The summed E-state index contributed by atoms with van der Waals surface area (Å²) in [6.45, 7) is 1.67. The number of hydrogen-bond donors (Lipinski definition) is 1. The second-order valence-corrected chi connectivity index (χ2v) is 3.17. The second-order valence-electron chi connectivity index (χ2n) is 2.76. The molecular weight excluding hydrogens is 208 g/mol. The molecule has 0 aliphatic heterocycles. The smallest absolute Gasteiger partial charge is 0.300 e. The largest absolute Gasteiger partial charge is 0.365 e. The topological polar surface area (TPSA) is 86.2 Å². The summed E-state index contributed by atoms with van der Waals surface area (Å²) in [6.07, 6.45) is 0. The van der Waals surface area contributed by atoms with Crippen LogP contribution in [0.3, 0.4) is 0 Å². The summed E-state index contributed by atoms with van der Waals surface area (Å²) < 4.78 is 0. The maximum Gasteiger partial charge on any atom is 0.300 e. The van der Waals surface area contributed by atoms with Crippen LogP contribution in [0.15, 0.2) is 12.1 Å². The molecule has 0 fully saturated rings. The van der Waals surface area contributed by atoms with Gasteiger partial charge in [-0.3, -0.25) is 14.9 Å². The van der Waals surface area contributed by atoms with Crippen LogP contribution in [0.1, 0.15) is 15.9 Å². The van der Waals surface area contributed by atoms with Gasteiger partial charge in [-0.25, -0.2) is 0 Å². The fourth-order valence-corrected chi connectivity index (χ4v) is 1.45. The molecule has 0 aliphatic carbocycles. The lowest BCUT2D eigenvalue weighted by molar-refractivity contribution is -0.385. The number of nitrogens with two attached hydrogens (primary N) is 1.